The Morgan fingerprint density at radius 2 is 1.15 bits per heavy atom. The molecule has 12 atom stereocenters. The van der Waals surface area contributed by atoms with Gasteiger partial charge in [0.05, 0.1) is 42.2 Å². The number of nitrogens with two attached hydrogens (primary N) is 1. The highest BCUT2D eigenvalue weighted by molar-refractivity contribution is 7.80. The number of carboxylic acids is 1. The number of amides is 8. The number of halogens is 1. The Morgan fingerprint density at radius 1 is 0.592 bits per heavy atom. The summed E-state index contributed by atoms with van der Waals surface area (Å²) in [4.78, 5) is 134. The van der Waals surface area contributed by atoms with Crippen LogP contribution in [0, 0.1) is 5.41 Å². The van der Waals surface area contributed by atoms with Crippen molar-refractivity contribution in [3.63, 3.8) is 0 Å². The second kappa shape index (κ2) is 43.5. The molecule has 0 bridgehead atoms. The number of aliphatic carboxylic acids is 1. The first-order valence-electron chi connectivity index (χ1n) is 40.4. The number of anilines is 1. The molecule has 2 aliphatic heterocycles. The molecule has 3 heterocycles. The molecule has 638 valence electrons. The van der Waals surface area contributed by atoms with Gasteiger partial charge >= 0.3 is 5.97 Å². The highest BCUT2D eigenvalue weighted by atomic mass is 79.9. The van der Waals surface area contributed by atoms with Crippen molar-refractivity contribution < 1.29 is 90.2 Å². The number of carbonyl (C=O) groups is 9. The van der Waals surface area contributed by atoms with Crippen LogP contribution in [0.25, 0.3) is 21.7 Å². The zero-order valence-corrected chi connectivity index (χ0v) is 71.6. The van der Waals surface area contributed by atoms with Gasteiger partial charge in [-0.15, -0.1) is 0 Å². The van der Waals surface area contributed by atoms with Crippen LogP contribution in [0.4, 0.5) is 5.69 Å². The Hall–Kier alpha value is -10.7. The predicted octanol–water partition coefficient (Wildman–Crippen LogP) is 3.65. The molecule has 2 unspecified atom stereocenters. The van der Waals surface area contributed by atoms with Crippen LogP contribution >= 0.6 is 25.3 Å². The number of carbonyl (C=O) groups excluding carboxylic acids is 8. The number of rotatable bonds is 41. The van der Waals surface area contributed by atoms with Crippen molar-refractivity contribution in [3.05, 3.63) is 239 Å². The van der Waals surface area contributed by atoms with Crippen molar-refractivity contribution in [2.45, 2.75) is 177 Å². The van der Waals surface area contributed by atoms with Gasteiger partial charge in [0.2, 0.25) is 47.3 Å². The predicted molar refractivity (Wildman–Crippen MR) is 467 cm³/mol. The van der Waals surface area contributed by atoms with Gasteiger partial charge < -0.3 is 101 Å². The third-order valence-corrected chi connectivity index (χ3v) is 23.1. The standard InChI is InChI=1S/C91H110N12O14S2.BrH/c1-55(105)71(52-104)98-88(116)73(54-119)100-89(117)82(56(2)106)101-83(111)67(32-22-23-45-92)95-86(114)70(50-61-51-93-66-31-21-20-28-63(61)66)97-85(113)69(49-58-35-39-62(107)40-36-58)96-87(115)72(53-118)99-84(112)68(48-57-24-12-11-13-25-57)94-78(108)43-46-102-74-41-37-59-26-16-18-29-64(59)80(74)90(3,4)76(102)33-14-9-7-8-10-15-34-77-91(5,6)81-65-30-19-17-27-60(65)38-42-75(81)103(77)47-44-79(109)110;/h7-21,24-31,33-37,39-42,51,55-56,67-73,76,81-82,93,104-106H,22-23,32,38,43-50,52-54,92H2,1-6H3,(H11-,94,95,96,97,98,99,100,101,107,108,109,110,111,112,113,114,115,116,117,118,119);1H/b9-7+,10-8+,33-14+,34-15+;/t55-,56-,67+,68-,69+,70-,71-,72+,73+,76?,81?,82+;/m1./s1. The first-order chi connectivity index (χ1) is 57.1. The minimum atomic E-state index is -1.71. The van der Waals surface area contributed by atoms with Crippen LogP contribution in [0.1, 0.15) is 113 Å². The molecule has 26 nitrogen and oxygen atoms in total. The van der Waals surface area contributed by atoms with E-state index in [1.807, 2.05) is 85.0 Å². The number of aromatic amines is 1. The lowest BCUT2D eigenvalue weighted by Gasteiger charge is -2.32. The van der Waals surface area contributed by atoms with E-state index < -0.39 is 126 Å². The number of hydrogen-bond donors (Lipinski definition) is 17. The number of nitrogens with zero attached hydrogens (tertiary/aromatic N) is 2. The summed E-state index contributed by atoms with van der Waals surface area (Å²) < 4.78 is 2.18. The van der Waals surface area contributed by atoms with Crippen LogP contribution in [-0.4, -0.2) is 198 Å². The molecule has 120 heavy (non-hydrogen) atoms. The number of aromatic nitrogens is 1. The van der Waals surface area contributed by atoms with E-state index >= 15 is 9.59 Å². The number of fused-ring (bicyclic) bond motifs is 7. The van der Waals surface area contributed by atoms with Gasteiger partial charge in [-0.25, -0.2) is 0 Å². The third-order valence-electron chi connectivity index (χ3n) is 22.4. The summed E-state index contributed by atoms with van der Waals surface area (Å²) in [5.74, 6) is -8.01. The van der Waals surface area contributed by atoms with E-state index in [4.69, 9.17) is 5.73 Å². The average Bonchev–Trinajstić information content (AvgIpc) is 1.58. The minimum absolute atomic E-state index is 0. The molecule has 10 rings (SSSR count). The van der Waals surface area contributed by atoms with E-state index in [-0.39, 0.29) is 110 Å². The van der Waals surface area contributed by atoms with Crippen molar-refractivity contribution >= 4 is 112 Å². The summed E-state index contributed by atoms with van der Waals surface area (Å²) in [6.07, 6.45) is 18.1. The number of aromatic hydroxyl groups is 1. The van der Waals surface area contributed by atoms with Crippen molar-refractivity contribution in [1.82, 2.24) is 47.5 Å². The number of phenolic OH excluding ortho intramolecular Hbond substituents is 1. The summed E-state index contributed by atoms with van der Waals surface area (Å²) in [5.41, 5.74) is 14.3. The van der Waals surface area contributed by atoms with Crippen LogP contribution < -0.4 is 70.1 Å². The van der Waals surface area contributed by atoms with Crippen LogP contribution in [0.5, 0.6) is 5.75 Å². The fourth-order valence-electron chi connectivity index (χ4n) is 16.1. The van der Waals surface area contributed by atoms with Crippen LogP contribution in [0.3, 0.4) is 0 Å². The molecular formula is C91H111BrN12O14S2. The molecule has 0 fully saturated rings. The van der Waals surface area contributed by atoms with Gasteiger partial charge in [-0.3, -0.25) is 43.2 Å². The molecule has 0 spiro atoms. The van der Waals surface area contributed by atoms with E-state index in [0.29, 0.717) is 40.6 Å². The number of para-hydroxylation sites is 1. The van der Waals surface area contributed by atoms with Gasteiger partial charge in [-0.1, -0.05) is 172 Å². The Bertz CT molecular complexity index is 4990. The molecule has 7 aromatic rings. The smallest absolute Gasteiger partial charge is 0.309 e. The fraction of sp³-hybridized carbons (Fsp3) is 0.385. The maximum absolute atomic E-state index is 15.2. The van der Waals surface area contributed by atoms with Gasteiger partial charge in [0, 0.05) is 78.0 Å². The fourth-order valence-corrected chi connectivity index (χ4v) is 16.6. The van der Waals surface area contributed by atoms with Gasteiger partial charge in [-0.05, 0) is 134 Å². The summed E-state index contributed by atoms with van der Waals surface area (Å²) in [7, 11) is 0. The van der Waals surface area contributed by atoms with E-state index in [9.17, 15) is 59.1 Å². The van der Waals surface area contributed by atoms with Gasteiger partial charge in [0.1, 0.15) is 54.5 Å². The van der Waals surface area contributed by atoms with Gasteiger partial charge in [-0.2, -0.15) is 29.8 Å². The zero-order chi connectivity index (χ0) is 85.7. The molecule has 3 aliphatic rings. The maximum Gasteiger partial charge on any atom is 0.309 e. The summed E-state index contributed by atoms with van der Waals surface area (Å²) >= 11 is 8.74. The number of phenols is 1. The normalized spacial score (nSPS) is 17.7. The Balaban J connectivity index is 0.0000164. The lowest BCUT2D eigenvalue weighted by molar-refractivity contribution is -0.472. The molecule has 0 saturated carbocycles. The molecule has 1 aromatic heterocycles. The van der Waals surface area contributed by atoms with Crippen molar-refractivity contribution in [3.8, 4) is 5.75 Å². The maximum atomic E-state index is 15.2. The second-order valence-electron chi connectivity index (χ2n) is 31.6. The number of aliphatic hydroxyl groups excluding tert-OH is 3. The van der Waals surface area contributed by atoms with Crippen molar-refractivity contribution in [1.29, 1.82) is 0 Å². The number of nitrogens with one attached hydrogen (secondary N) is 9. The number of hydrogen-bond acceptors (Lipinski definition) is 17. The lowest BCUT2D eigenvalue weighted by Crippen LogP contribution is -3.00. The second-order valence-corrected chi connectivity index (χ2v) is 32.4. The first-order valence-corrected chi connectivity index (χ1v) is 41.6. The highest BCUT2D eigenvalue weighted by Crippen LogP contribution is 2.52. The lowest BCUT2D eigenvalue weighted by atomic mass is 9.69. The van der Waals surface area contributed by atoms with Crippen molar-refractivity contribution in [2.75, 3.05) is 42.6 Å². The van der Waals surface area contributed by atoms with E-state index in [1.54, 1.807) is 24.4 Å². The minimum Gasteiger partial charge on any atom is -1.00 e. The molecule has 0 radical (unpaired) electrons. The number of allylic oxidation sites excluding steroid dienone is 9. The summed E-state index contributed by atoms with van der Waals surface area (Å²) in [6.45, 7) is 11.6. The number of H-pyrrole nitrogens is 1. The van der Waals surface area contributed by atoms with Crippen molar-refractivity contribution in [2.24, 2.45) is 11.1 Å². The Morgan fingerprint density at radius 3 is 1.80 bits per heavy atom. The van der Waals surface area contributed by atoms with Crippen LogP contribution in [0.15, 0.2) is 206 Å². The Kier molecular flexibility index (Phi) is 33.8. The quantitative estimate of drug-likeness (QED) is 0.0113. The monoisotopic (exact) mass is 1740 g/mol. The van der Waals surface area contributed by atoms with Gasteiger partial charge in [0.25, 0.3) is 0 Å². The molecule has 29 heteroatoms. The molecule has 8 amide bonds. The van der Waals surface area contributed by atoms with Gasteiger partial charge in [0.15, 0.2) is 18.0 Å². The first kappa shape index (κ1) is 93.2. The number of aliphatic hydroxyl groups is 3. The third kappa shape index (κ3) is 23.5. The number of thiol groups is 2. The van der Waals surface area contributed by atoms with Crippen LogP contribution in [0.2, 0.25) is 0 Å². The number of benzene rings is 6. The molecule has 6 aromatic carbocycles. The summed E-state index contributed by atoms with van der Waals surface area (Å²) in [6, 6.07) is 31.4. The number of unbranched alkanes of at least 4 members (excludes halogenated alkanes) is 1. The molecule has 0 saturated heterocycles. The molecular weight excluding hydrogens is 1630 g/mol. The molecule has 1 aliphatic carbocycles. The largest absolute Gasteiger partial charge is 1.00 e. The zero-order valence-electron chi connectivity index (χ0n) is 68.2. The number of carboxylic acid groups (broad SMARTS) is 1. The van der Waals surface area contributed by atoms with E-state index in [0.717, 1.165) is 39.9 Å². The average molecular weight is 1740 g/mol. The Labute approximate surface area is 721 Å². The van der Waals surface area contributed by atoms with Crippen LogP contribution in [-0.2, 0) is 74.2 Å². The highest BCUT2D eigenvalue weighted by Gasteiger charge is 2.54. The molecule has 16 N–H and O–H groups in total. The topological polar surface area (TPSA) is 399 Å². The SMILES string of the molecule is C[C@@H](O)[C@H](NC(=O)[C@H](CCCCN)NC(=O)[C@@H](Cc1c[nH]c2ccccc12)NC(=O)[C@H](Cc1ccc(O)cc1)NC(=O)[C@H](CS)NC(=O)[C@@H](Cc1ccccc1)NC(=O)CCN1c2ccc3ccccc3c2C(C)(C)C1/C=C/C=C/C=C/C=C/C1=[N+](CCC(=O)O)C2=CCc3ccccc3C2C1(C)C)C(=O)N[C@@H](CS)C(=O)N[C@H](CO)[C@@H](C)O.[Br-]. The van der Waals surface area contributed by atoms with E-state index in [1.165, 1.54) is 49.2 Å². The summed E-state index contributed by atoms with van der Waals surface area (Å²) in [5, 5.41) is 75.2. The van der Waals surface area contributed by atoms with E-state index in [2.05, 4.69) is 177 Å².